The Labute approximate surface area is 231 Å². The van der Waals surface area contributed by atoms with Gasteiger partial charge in [-0.2, -0.15) is 0 Å². The summed E-state index contributed by atoms with van der Waals surface area (Å²) in [4.78, 5) is 58.3. The van der Waals surface area contributed by atoms with Crippen LogP contribution in [0.2, 0.25) is 0 Å². The molecule has 1 aromatic rings. The third-order valence-corrected chi connectivity index (χ3v) is 8.44. The zero-order chi connectivity index (χ0) is 27.8. The van der Waals surface area contributed by atoms with E-state index in [0.29, 0.717) is 64.6 Å². The Morgan fingerprint density at radius 2 is 1.77 bits per heavy atom. The topological polar surface area (TPSA) is 90.5 Å². The highest BCUT2D eigenvalue weighted by atomic mass is 16.5. The number of amides is 4. The van der Waals surface area contributed by atoms with Gasteiger partial charge in [-0.25, -0.2) is 0 Å². The fraction of sp³-hybridized carbons (Fsp3) is 0.600. The lowest BCUT2D eigenvalue weighted by Crippen LogP contribution is -2.51. The molecule has 2 fully saturated rings. The molecule has 4 amide bonds. The van der Waals surface area contributed by atoms with E-state index < -0.39 is 0 Å². The molecule has 0 aliphatic carbocycles. The van der Waals surface area contributed by atoms with Gasteiger partial charge >= 0.3 is 0 Å². The number of hydrogen-bond acceptors (Lipinski definition) is 5. The van der Waals surface area contributed by atoms with E-state index in [4.69, 9.17) is 4.74 Å². The van der Waals surface area contributed by atoms with Crippen molar-refractivity contribution in [2.45, 2.75) is 46.1 Å². The van der Waals surface area contributed by atoms with Crippen LogP contribution in [-0.2, 0) is 25.7 Å². The number of ether oxygens (including phenoxy) is 1. The summed E-state index contributed by atoms with van der Waals surface area (Å²) < 4.78 is 6.11. The quantitative estimate of drug-likeness (QED) is 0.410. The number of hydrogen-bond donors (Lipinski definition) is 0. The number of para-hydroxylation sites is 1. The average Bonchev–Trinajstić information content (AvgIpc) is 2.97. The molecule has 212 valence electrons. The summed E-state index contributed by atoms with van der Waals surface area (Å²) >= 11 is 0. The molecular formula is C30H42N4O5. The highest BCUT2D eigenvalue weighted by Crippen LogP contribution is 2.30. The van der Waals surface area contributed by atoms with E-state index in [1.54, 1.807) is 9.80 Å². The number of fused-ring (bicyclic) bond motifs is 3. The number of benzene rings is 1. The molecule has 0 saturated carbocycles. The second-order valence-electron chi connectivity index (χ2n) is 10.8. The first kappa shape index (κ1) is 28.6. The molecule has 2 saturated heterocycles. The van der Waals surface area contributed by atoms with E-state index >= 15 is 0 Å². The van der Waals surface area contributed by atoms with Crippen molar-refractivity contribution in [2.24, 2.45) is 17.8 Å². The van der Waals surface area contributed by atoms with Crippen molar-refractivity contribution >= 4 is 24.1 Å². The molecule has 9 heteroatoms. The molecule has 0 unspecified atom stereocenters. The van der Waals surface area contributed by atoms with E-state index in [-0.39, 0.29) is 42.0 Å². The van der Waals surface area contributed by atoms with Crippen molar-refractivity contribution < 1.29 is 23.9 Å². The highest BCUT2D eigenvalue weighted by molar-refractivity contribution is 5.86. The molecule has 0 spiro atoms. The van der Waals surface area contributed by atoms with Crippen LogP contribution in [0.4, 0.5) is 0 Å². The lowest BCUT2D eigenvalue weighted by molar-refractivity contribution is -0.145. The molecule has 9 nitrogen and oxygen atoms in total. The summed E-state index contributed by atoms with van der Waals surface area (Å²) in [5.41, 5.74) is 0.883. The standard InChI is InChI=1S/C30H42N4O5/c1-3-23(4-2)30(38)34-20-26-8-5-6-10-27(26)39-17-7-9-25-19-33(29(37)21-34)12-11-24(25)18-28(36)32-15-13-31(22-35)14-16-32/h5-10,22-25H,3-4,11-21H2,1-2H3/t24-,25-/m0/s1. The molecule has 1 aromatic carbocycles. The van der Waals surface area contributed by atoms with Gasteiger partial charge in [0.05, 0.1) is 0 Å². The molecule has 2 bridgehead atoms. The number of piperazine rings is 1. The van der Waals surface area contributed by atoms with E-state index in [0.717, 1.165) is 31.2 Å². The summed E-state index contributed by atoms with van der Waals surface area (Å²) in [6.45, 7) is 8.09. The lowest BCUT2D eigenvalue weighted by Gasteiger charge is -2.39. The molecule has 3 aliphatic rings. The molecule has 0 aromatic heterocycles. The van der Waals surface area contributed by atoms with Crippen molar-refractivity contribution in [1.29, 1.82) is 0 Å². The predicted molar refractivity (Wildman–Crippen MR) is 148 cm³/mol. The van der Waals surface area contributed by atoms with E-state index in [2.05, 4.69) is 6.08 Å². The molecule has 39 heavy (non-hydrogen) atoms. The Morgan fingerprint density at radius 1 is 1.03 bits per heavy atom. The van der Waals surface area contributed by atoms with E-state index in [1.807, 2.05) is 54.0 Å². The van der Waals surface area contributed by atoms with E-state index in [9.17, 15) is 19.2 Å². The monoisotopic (exact) mass is 538 g/mol. The number of carbonyl (C=O) groups excluding carboxylic acids is 4. The first-order chi connectivity index (χ1) is 18.9. The van der Waals surface area contributed by atoms with Crippen LogP contribution in [0.3, 0.4) is 0 Å². The fourth-order valence-electron chi connectivity index (χ4n) is 5.88. The van der Waals surface area contributed by atoms with Gasteiger partial charge in [-0.1, -0.05) is 44.2 Å². The lowest BCUT2D eigenvalue weighted by atomic mass is 9.82. The van der Waals surface area contributed by atoms with Crippen molar-refractivity contribution in [3.05, 3.63) is 42.0 Å². The van der Waals surface area contributed by atoms with Gasteiger partial charge in [-0.05, 0) is 37.2 Å². The van der Waals surface area contributed by atoms with Crippen molar-refractivity contribution in [1.82, 2.24) is 19.6 Å². The summed E-state index contributed by atoms with van der Waals surface area (Å²) in [6.07, 6.45) is 7.52. The maximum atomic E-state index is 13.6. The van der Waals surface area contributed by atoms with Crippen LogP contribution in [0.1, 0.15) is 45.1 Å². The highest BCUT2D eigenvalue weighted by Gasteiger charge is 2.34. The first-order valence-electron chi connectivity index (χ1n) is 14.3. The fourth-order valence-corrected chi connectivity index (χ4v) is 5.88. The summed E-state index contributed by atoms with van der Waals surface area (Å²) in [5.74, 6) is 0.769. The molecule has 0 N–H and O–H groups in total. The minimum atomic E-state index is -0.124. The normalized spacial score (nSPS) is 22.4. The minimum Gasteiger partial charge on any atom is -0.489 e. The summed E-state index contributed by atoms with van der Waals surface area (Å²) in [5, 5.41) is 0. The smallest absolute Gasteiger partial charge is 0.242 e. The Hall–Kier alpha value is -3.36. The van der Waals surface area contributed by atoms with Crippen molar-refractivity contribution in [3.63, 3.8) is 0 Å². The number of piperidine rings is 1. The van der Waals surface area contributed by atoms with Gasteiger partial charge in [-0.15, -0.1) is 0 Å². The van der Waals surface area contributed by atoms with E-state index in [1.165, 1.54) is 0 Å². The second kappa shape index (κ2) is 13.6. The molecule has 3 aliphatic heterocycles. The SMILES string of the molecule is CCC(CC)C(=O)N1CC(=O)N2CC[C@@H](CC(=O)N3CCN(C=O)CC3)[C@@H](C=CCOc3ccccc3C1)C2. The molecule has 0 radical (unpaired) electrons. The maximum Gasteiger partial charge on any atom is 0.242 e. The maximum absolute atomic E-state index is 13.6. The Bertz CT molecular complexity index is 1050. The minimum absolute atomic E-state index is 0.00265. The van der Waals surface area contributed by atoms with Crippen molar-refractivity contribution in [2.75, 3.05) is 52.4 Å². The van der Waals surface area contributed by atoms with Gasteiger partial charge in [-0.3, -0.25) is 19.2 Å². The second-order valence-corrected chi connectivity index (χ2v) is 10.8. The third kappa shape index (κ3) is 7.19. The van der Waals surface area contributed by atoms with Crippen LogP contribution in [0.5, 0.6) is 5.75 Å². The Balaban J connectivity index is 1.52. The first-order valence-corrected chi connectivity index (χ1v) is 14.3. The van der Waals surface area contributed by atoms with Gasteiger partial charge < -0.3 is 24.3 Å². The van der Waals surface area contributed by atoms with Crippen LogP contribution >= 0.6 is 0 Å². The Morgan fingerprint density at radius 3 is 2.49 bits per heavy atom. The van der Waals surface area contributed by atoms with Crippen LogP contribution < -0.4 is 4.74 Å². The largest absolute Gasteiger partial charge is 0.489 e. The number of nitrogens with zero attached hydrogens (tertiary/aromatic N) is 4. The van der Waals surface area contributed by atoms with Gasteiger partial charge in [0, 0.05) is 63.7 Å². The summed E-state index contributed by atoms with van der Waals surface area (Å²) in [6, 6.07) is 7.69. The number of carbonyl (C=O) groups is 4. The summed E-state index contributed by atoms with van der Waals surface area (Å²) in [7, 11) is 0. The third-order valence-electron chi connectivity index (χ3n) is 8.44. The van der Waals surface area contributed by atoms with Gasteiger partial charge in [0.25, 0.3) is 0 Å². The molecule has 2 atom stereocenters. The van der Waals surface area contributed by atoms with Gasteiger partial charge in [0.15, 0.2) is 0 Å². The van der Waals surface area contributed by atoms with Crippen LogP contribution in [0, 0.1) is 17.8 Å². The Kier molecular flexibility index (Phi) is 10.0. The molecule has 4 rings (SSSR count). The van der Waals surface area contributed by atoms with Gasteiger partial charge in [0.2, 0.25) is 24.1 Å². The predicted octanol–water partition coefficient (Wildman–Crippen LogP) is 2.56. The van der Waals surface area contributed by atoms with Crippen LogP contribution in [0.25, 0.3) is 0 Å². The molecule has 3 heterocycles. The average molecular weight is 539 g/mol. The number of rotatable bonds is 6. The zero-order valence-corrected chi connectivity index (χ0v) is 23.3. The zero-order valence-electron chi connectivity index (χ0n) is 23.3. The molecular weight excluding hydrogens is 496 g/mol. The van der Waals surface area contributed by atoms with Crippen molar-refractivity contribution in [3.8, 4) is 5.75 Å². The van der Waals surface area contributed by atoms with Gasteiger partial charge in [0.1, 0.15) is 18.9 Å². The van der Waals surface area contributed by atoms with Crippen LogP contribution in [0.15, 0.2) is 36.4 Å². The van der Waals surface area contributed by atoms with Crippen LogP contribution in [-0.4, -0.2) is 96.2 Å².